The molecule has 1 unspecified atom stereocenters. The van der Waals surface area contributed by atoms with Crippen molar-refractivity contribution in [3.8, 4) is 0 Å². The zero-order valence-corrected chi connectivity index (χ0v) is 11.3. The molecule has 1 atom stereocenters. The number of sulfone groups is 1. The highest BCUT2D eigenvalue weighted by atomic mass is 32.2. The molecule has 0 saturated heterocycles. The topological polar surface area (TPSA) is 97.5 Å². The number of hydrogen-bond donors (Lipinski definition) is 2. The van der Waals surface area contributed by atoms with E-state index in [0.717, 1.165) is 6.42 Å². The van der Waals surface area contributed by atoms with Gasteiger partial charge in [0.2, 0.25) is 0 Å². The Morgan fingerprint density at radius 3 is 2.53 bits per heavy atom. The molecule has 0 aliphatic heterocycles. The van der Waals surface area contributed by atoms with Crippen molar-refractivity contribution < 1.29 is 18.3 Å². The first-order valence-electron chi connectivity index (χ1n) is 6.23. The Hall–Kier alpha value is -1.40. The monoisotopic (exact) mass is 283 g/mol. The summed E-state index contributed by atoms with van der Waals surface area (Å²) >= 11 is 0. The van der Waals surface area contributed by atoms with Crippen LogP contribution in [0.2, 0.25) is 0 Å². The summed E-state index contributed by atoms with van der Waals surface area (Å²) in [6, 6.07) is 5.44. The highest BCUT2D eigenvalue weighted by Crippen LogP contribution is 2.32. The summed E-state index contributed by atoms with van der Waals surface area (Å²) in [5, 5.41) is 8.50. The fraction of sp³-hybridized carbons (Fsp3) is 0.462. The van der Waals surface area contributed by atoms with Crippen molar-refractivity contribution in [2.75, 3.05) is 0 Å². The summed E-state index contributed by atoms with van der Waals surface area (Å²) in [6.07, 6.45) is 2.32. The summed E-state index contributed by atoms with van der Waals surface area (Å²) in [6.45, 7) is 0. The fourth-order valence-corrected chi connectivity index (χ4v) is 4.23. The lowest BCUT2D eigenvalue weighted by Gasteiger charge is -2.26. The van der Waals surface area contributed by atoms with Crippen molar-refractivity contribution in [3.05, 3.63) is 29.8 Å². The highest BCUT2D eigenvalue weighted by Gasteiger charge is 2.34. The Morgan fingerprint density at radius 2 is 2.00 bits per heavy atom. The zero-order chi connectivity index (χ0) is 14.0. The van der Waals surface area contributed by atoms with Gasteiger partial charge >= 0.3 is 5.97 Å². The second-order valence-electron chi connectivity index (χ2n) is 4.85. The van der Waals surface area contributed by atoms with Crippen molar-refractivity contribution in [2.45, 2.75) is 41.9 Å². The molecule has 5 nitrogen and oxygen atoms in total. The third-order valence-electron chi connectivity index (χ3n) is 3.53. The fourth-order valence-electron chi connectivity index (χ4n) is 2.13. The van der Waals surface area contributed by atoms with E-state index in [4.69, 9.17) is 10.8 Å². The van der Waals surface area contributed by atoms with Gasteiger partial charge in [-0.25, -0.2) is 8.42 Å². The standard InChI is InChI=1S/C13H17NO4S/c14-11(13(15)16)8-9-4-1-2-7-12(9)19(17,18)10-5-3-6-10/h1-2,4,7,10-11H,3,5-6,8,14H2,(H,15,16). The highest BCUT2D eigenvalue weighted by molar-refractivity contribution is 7.92. The van der Waals surface area contributed by atoms with Crippen LogP contribution in [0.25, 0.3) is 0 Å². The van der Waals surface area contributed by atoms with E-state index >= 15 is 0 Å². The smallest absolute Gasteiger partial charge is 0.320 e. The van der Waals surface area contributed by atoms with Gasteiger partial charge < -0.3 is 10.8 Å². The maximum Gasteiger partial charge on any atom is 0.320 e. The molecule has 0 bridgehead atoms. The van der Waals surface area contributed by atoms with E-state index < -0.39 is 21.8 Å². The van der Waals surface area contributed by atoms with Gasteiger partial charge in [-0.1, -0.05) is 24.6 Å². The molecule has 6 heteroatoms. The molecule has 2 rings (SSSR count). The van der Waals surface area contributed by atoms with Gasteiger partial charge in [0.15, 0.2) is 9.84 Å². The van der Waals surface area contributed by atoms with Crippen molar-refractivity contribution in [2.24, 2.45) is 5.73 Å². The predicted octanol–water partition coefficient (Wildman–Crippen LogP) is 0.967. The minimum absolute atomic E-state index is 0.0253. The van der Waals surface area contributed by atoms with Gasteiger partial charge in [0.25, 0.3) is 0 Å². The molecule has 1 aliphatic rings. The van der Waals surface area contributed by atoms with E-state index in [2.05, 4.69) is 0 Å². The van der Waals surface area contributed by atoms with Crippen LogP contribution >= 0.6 is 0 Å². The lowest BCUT2D eigenvalue weighted by atomic mass is 10.00. The van der Waals surface area contributed by atoms with Crippen LogP contribution in [0.3, 0.4) is 0 Å². The Labute approximate surface area is 112 Å². The first-order chi connectivity index (χ1) is 8.93. The van der Waals surface area contributed by atoms with E-state index in [1.165, 1.54) is 6.07 Å². The second-order valence-corrected chi connectivity index (χ2v) is 7.05. The predicted molar refractivity (Wildman–Crippen MR) is 70.6 cm³/mol. The van der Waals surface area contributed by atoms with Gasteiger partial charge in [-0.15, -0.1) is 0 Å². The Balaban J connectivity index is 2.33. The van der Waals surface area contributed by atoms with Crippen LogP contribution in [0.15, 0.2) is 29.2 Å². The van der Waals surface area contributed by atoms with Gasteiger partial charge in [-0.05, 0) is 30.9 Å². The van der Waals surface area contributed by atoms with Crippen molar-refractivity contribution in [1.29, 1.82) is 0 Å². The minimum atomic E-state index is -3.35. The van der Waals surface area contributed by atoms with Crippen LogP contribution < -0.4 is 5.73 Å². The number of nitrogens with two attached hydrogens (primary N) is 1. The first kappa shape index (κ1) is 14.0. The van der Waals surface area contributed by atoms with Crippen LogP contribution in [-0.2, 0) is 21.1 Å². The maximum atomic E-state index is 12.4. The maximum absolute atomic E-state index is 12.4. The summed E-state index contributed by atoms with van der Waals surface area (Å²) < 4.78 is 24.8. The zero-order valence-electron chi connectivity index (χ0n) is 10.5. The van der Waals surface area contributed by atoms with E-state index in [1.807, 2.05) is 0 Å². The molecule has 0 heterocycles. The molecule has 19 heavy (non-hydrogen) atoms. The molecule has 104 valence electrons. The third kappa shape index (κ3) is 2.79. The number of aliphatic carboxylic acids is 1. The lowest BCUT2D eigenvalue weighted by Crippen LogP contribution is -2.34. The number of carboxylic acids is 1. The largest absolute Gasteiger partial charge is 0.480 e. The molecule has 1 aliphatic carbocycles. The normalized spacial score (nSPS) is 17.7. The van der Waals surface area contributed by atoms with E-state index in [0.29, 0.717) is 18.4 Å². The number of benzene rings is 1. The molecule has 0 aromatic heterocycles. The Kier molecular flexibility index (Phi) is 3.91. The minimum Gasteiger partial charge on any atom is -0.480 e. The number of carboxylic acid groups (broad SMARTS) is 1. The number of rotatable bonds is 5. The summed E-state index contributed by atoms with van der Waals surface area (Å²) in [4.78, 5) is 11.0. The van der Waals surface area contributed by atoms with Crippen molar-refractivity contribution in [3.63, 3.8) is 0 Å². The average Bonchev–Trinajstić information content (AvgIpc) is 2.26. The van der Waals surface area contributed by atoms with Crippen LogP contribution in [0.1, 0.15) is 24.8 Å². The van der Waals surface area contributed by atoms with Crippen LogP contribution in [0.5, 0.6) is 0 Å². The molecule has 1 aromatic carbocycles. The summed E-state index contributed by atoms with van der Waals surface area (Å²) in [7, 11) is -3.35. The SMILES string of the molecule is NC(Cc1ccccc1S(=O)(=O)C1CCC1)C(=O)O. The van der Waals surface area contributed by atoms with Gasteiger partial charge in [0.05, 0.1) is 10.1 Å². The molecule has 1 saturated carbocycles. The molecule has 0 spiro atoms. The van der Waals surface area contributed by atoms with E-state index in [1.54, 1.807) is 18.2 Å². The summed E-state index contributed by atoms with van der Waals surface area (Å²) in [5.74, 6) is -1.13. The third-order valence-corrected chi connectivity index (χ3v) is 5.89. The number of hydrogen-bond acceptors (Lipinski definition) is 4. The Morgan fingerprint density at radius 1 is 1.37 bits per heavy atom. The lowest BCUT2D eigenvalue weighted by molar-refractivity contribution is -0.138. The van der Waals surface area contributed by atoms with E-state index in [-0.39, 0.29) is 16.6 Å². The molecule has 3 N–H and O–H groups in total. The second kappa shape index (κ2) is 5.30. The van der Waals surface area contributed by atoms with Gasteiger partial charge in [-0.2, -0.15) is 0 Å². The van der Waals surface area contributed by atoms with Crippen LogP contribution in [0, 0.1) is 0 Å². The van der Waals surface area contributed by atoms with Gasteiger partial charge in [-0.3, -0.25) is 4.79 Å². The quantitative estimate of drug-likeness (QED) is 0.839. The van der Waals surface area contributed by atoms with Crippen molar-refractivity contribution >= 4 is 15.8 Å². The molecule has 1 aromatic rings. The van der Waals surface area contributed by atoms with E-state index in [9.17, 15) is 13.2 Å². The van der Waals surface area contributed by atoms with Crippen molar-refractivity contribution in [1.82, 2.24) is 0 Å². The molecule has 0 amide bonds. The van der Waals surface area contributed by atoms with Crippen LogP contribution in [-0.4, -0.2) is 30.8 Å². The van der Waals surface area contributed by atoms with Gasteiger partial charge in [0, 0.05) is 0 Å². The Bertz CT molecular complexity index is 578. The molecule has 1 fully saturated rings. The number of carbonyl (C=O) groups is 1. The first-order valence-corrected chi connectivity index (χ1v) is 7.77. The molecular weight excluding hydrogens is 266 g/mol. The summed E-state index contributed by atoms with van der Waals surface area (Å²) in [5.41, 5.74) is 5.98. The van der Waals surface area contributed by atoms with Gasteiger partial charge in [0.1, 0.15) is 6.04 Å². The molecule has 0 radical (unpaired) electrons. The average molecular weight is 283 g/mol. The molecular formula is C13H17NO4S. The van der Waals surface area contributed by atoms with Crippen LogP contribution in [0.4, 0.5) is 0 Å².